The van der Waals surface area contributed by atoms with Gasteiger partial charge in [0.1, 0.15) is 5.69 Å². The van der Waals surface area contributed by atoms with Crippen LogP contribution in [0.25, 0.3) is 0 Å². The van der Waals surface area contributed by atoms with Crippen molar-refractivity contribution in [2.24, 2.45) is 0 Å². The summed E-state index contributed by atoms with van der Waals surface area (Å²) in [6.07, 6.45) is 4.84. The number of rotatable bonds is 8. The Labute approximate surface area is 116 Å². The lowest BCUT2D eigenvalue weighted by Gasteiger charge is -2.23. The molecule has 1 amide bonds. The lowest BCUT2D eigenvalue weighted by Crippen LogP contribution is -2.27. The molecule has 1 aromatic heterocycles. The topological polar surface area (TPSA) is 45.2 Å². The molecule has 19 heavy (non-hydrogen) atoms. The van der Waals surface area contributed by atoms with Crippen LogP contribution in [0.2, 0.25) is 0 Å². The Hall–Kier alpha value is -1.58. The number of hydrogen-bond donors (Lipinski definition) is 1. The third-order valence-electron chi connectivity index (χ3n) is 2.86. The smallest absolute Gasteiger partial charge is 0.269 e. The molecule has 1 heterocycles. The summed E-state index contributed by atoms with van der Waals surface area (Å²) in [4.78, 5) is 18.4. The van der Waals surface area contributed by atoms with Crippen molar-refractivity contribution in [1.82, 2.24) is 10.3 Å². The number of hydrogen-bond acceptors (Lipinski definition) is 3. The summed E-state index contributed by atoms with van der Waals surface area (Å²) in [5, 5.41) is 2.86. The van der Waals surface area contributed by atoms with Crippen LogP contribution in [-0.4, -0.2) is 30.5 Å². The van der Waals surface area contributed by atoms with Crippen molar-refractivity contribution in [3.05, 3.63) is 24.0 Å². The largest absolute Gasteiger partial charge is 0.371 e. The monoisotopic (exact) mass is 263 g/mol. The molecule has 0 aromatic carbocycles. The van der Waals surface area contributed by atoms with Crippen LogP contribution in [-0.2, 0) is 0 Å². The minimum Gasteiger partial charge on any atom is -0.371 e. The fourth-order valence-electron chi connectivity index (χ4n) is 1.98. The summed E-state index contributed by atoms with van der Waals surface area (Å²) in [5.41, 5.74) is 1.59. The normalized spacial score (nSPS) is 10.3. The predicted octanol–water partition coefficient (Wildman–Crippen LogP) is 2.85. The van der Waals surface area contributed by atoms with Crippen molar-refractivity contribution < 1.29 is 4.79 Å². The van der Waals surface area contributed by atoms with Gasteiger partial charge in [0.05, 0.1) is 0 Å². The van der Waals surface area contributed by atoms with Crippen LogP contribution in [0, 0.1) is 0 Å². The van der Waals surface area contributed by atoms with E-state index in [0.717, 1.165) is 38.0 Å². The Balaban J connectivity index is 2.81. The van der Waals surface area contributed by atoms with E-state index >= 15 is 0 Å². The van der Waals surface area contributed by atoms with Gasteiger partial charge in [0.2, 0.25) is 0 Å². The molecule has 0 saturated carbocycles. The first-order valence-electron chi connectivity index (χ1n) is 7.22. The van der Waals surface area contributed by atoms with Crippen molar-refractivity contribution in [3.8, 4) is 0 Å². The molecule has 106 valence electrons. The van der Waals surface area contributed by atoms with Crippen molar-refractivity contribution in [3.63, 3.8) is 0 Å². The molecule has 0 aliphatic carbocycles. The van der Waals surface area contributed by atoms with Crippen LogP contribution in [0.15, 0.2) is 18.3 Å². The van der Waals surface area contributed by atoms with Crippen LogP contribution in [0.4, 0.5) is 5.69 Å². The minimum atomic E-state index is -0.0864. The number of anilines is 1. The lowest BCUT2D eigenvalue weighted by atomic mass is 10.2. The van der Waals surface area contributed by atoms with E-state index in [2.05, 4.69) is 29.0 Å². The SMILES string of the molecule is CCCNC(=O)c1cc(N(CCC)CCC)ccn1. The first kappa shape index (κ1) is 15.5. The van der Waals surface area contributed by atoms with Crippen molar-refractivity contribution in [2.45, 2.75) is 40.0 Å². The third-order valence-corrected chi connectivity index (χ3v) is 2.86. The van der Waals surface area contributed by atoms with E-state index in [1.165, 1.54) is 0 Å². The molecule has 0 aliphatic rings. The van der Waals surface area contributed by atoms with Gasteiger partial charge in [-0.05, 0) is 31.4 Å². The van der Waals surface area contributed by atoms with Crippen molar-refractivity contribution in [2.75, 3.05) is 24.5 Å². The number of nitrogens with zero attached hydrogens (tertiary/aromatic N) is 2. The maximum absolute atomic E-state index is 11.9. The summed E-state index contributed by atoms with van der Waals surface area (Å²) in [6, 6.07) is 3.86. The van der Waals surface area contributed by atoms with E-state index in [-0.39, 0.29) is 5.91 Å². The molecule has 4 nitrogen and oxygen atoms in total. The van der Waals surface area contributed by atoms with Gasteiger partial charge >= 0.3 is 0 Å². The number of carbonyl (C=O) groups is 1. The van der Waals surface area contributed by atoms with Crippen LogP contribution in [0.1, 0.15) is 50.5 Å². The van der Waals surface area contributed by atoms with E-state index in [1.54, 1.807) is 6.20 Å². The Bertz CT molecular complexity index is 387. The third kappa shape index (κ3) is 4.89. The Morgan fingerprint density at radius 2 is 1.89 bits per heavy atom. The second kappa shape index (κ2) is 8.51. The van der Waals surface area contributed by atoms with Crippen LogP contribution < -0.4 is 10.2 Å². The Morgan fingerprint density at radius 1 is 1.21 bits per heavy atom. The van der Waals surface area contributed by atoms with E-state index in [9.17, 15) is 4.79 Å². The minimum absolute atomic E-state index is 0.0864. The molecule has 0 fully saturated rings. The van der Waals surface area contributed by atoms with E-state index in [4.69, 9.17) is 0 Å². The second-order valence-electron chi connectivity index (χ2n) is 4.64. The van der Waals surface area contributed by atoms with Gasteiger partial charge < -0.3 is 10.2 Å². The Kier molecular flexibility index (Phi) is 6.93. The average molecular weight is 263 g/mol. The molecule has 1 rings (SSSR count). The molecule has 1 aromatic rings. The molecule has 0 atom stereocenters. The number of nitrogens with one attached hydrogen (secondary N) is 1. The molecule has 0 saturated heterocycles. The summed E-state index contributed by atoms with van der Waals surface area (Å²) in [7, 11) is 0. The van der Waals surface area contributed by atoms with Gasteiger partial charge in [0.15, 0.2) is 0 Å². The quantitative estimate of drug-likeness (QED) is 0.784. The number of carbonyl (C=O) groups excluding carboxylic acids is 1. The summed E-state index contributed by atoms with van der Waals surface area (Å²) in [6.45, 7) is 9.08. The van der Waals surface area contributed by atoms with Gasteiger partial charge in [-0.1, -0.05) is 20.8 Å². The first-order chi connectivity index (χ1) is 9.22. The molecule has 0 bridgehead atoms. The standard InChI is InChI=1S/C15H25N3O/c1-4-8-17-15(19)14-12-13(7-9-16-14)18(10-5-2)11-6-3/h7,9,12H,4-6,8,10-11H2,1-3H3,(H,17,19). The van der Waals surface area contributed by atoms with Crippen LogP contribution >= 0.6 is 0 Å². The highest BCUT2D eigenvalue weighted by molar-refractivity contribution is 5.93. The highest BCUT2D eigenvalue weighted by Crippen LogP contribution is 2.15. The number of pyridine rings is 1. The Morgan fingerprint density at radius 3 is 2.47 bits per heavy atom. The van der Waals surface area contributed by atoms with Gasteiger partial charge in [-0.15, -0.1) is 0 Å². The maximum atomic E-state index is 11.9. The van der Waals surface area contributed by atoms with E-state index < -0.39 is 0 Å². The van der Waals surface area contributed by atoms with Crippen LogP contribution in [0.3, 0.4) is 0 Å². The zero-order chi connectivity index (χ0) is 14.1. The highest BCUT2D eigenvalue weighted by atomic mass is 16.1. The number of aromatic nitrogens is 1. The van der Waals surface area contributed by atoms with Crippen molar-refractivity contribution in [1.29, 1.82) is 0 Å². The number of amides is 1. The summed E-state index contributed by atoms with van der Waals surface area (Å²) in [5.74, 6) is -0.0864. The van der Waals surface area contributed by atoms with Crippen molar-refractivity contribution >= 4 is 11.6 Å². The average Bonchev–Trinajstić information content (AvgIpc) is 2.44. The molecule has 0 unspecified atom stereocenters. The van der Waals surface area contributed by atoms with E-state index in [1.807, 2.05) is 19.1 Å². The summed E-state index contributed by atoms with van der Waals surface area (Å²) < 4.78 is 0. The zero-order valence-electron chi connectivity index (χ0n) is 12.3. The maximum Gasteiger partial charge on any atom is 0.269 e. The van der Waals surface area contributed by atoms with Gasteiger partial charge in [0, 0.05) is 31.5 Å². The highest BCUT2D eigenvalue weighted by Gasteiger charge is 2.10. The molecule has 1 N–H and O–H groups in total. The molecular weight excluding hydrogens is 238 g/mol. The first-order valence-corrected chi connectivity index (χ1v) is 7.22. The molecule has 4 heteroatoms. The predicted molar refractivity (Wildman–Crippen MR) is 79.7 cm³/mol. The van der Waals surface area contributed by atoms with Gasteiger partial charge in [-0.25, -0.2) is 0 Å². The van der Waals surface area contributed by atoms with Gasteiger partial charge in [-0.2, -0.15) is 0 Å². The van der Waals surface area contributed by atoms with Gasteiger partial charge in [-0.3, -0.25) is 9.78 Å². The molecular formula is C15H25N3O. The van der Waals surface area contributed by atoms with Gasteiger partial charge in [0.25, 0.3) is 5.91 Å². The molecule has 0 radical (unpaired) electrons. The summed E-state index contributed by atoms with van der Waals surface area (Å²) >= 11 is 0. The molecule has 0 aliphatic heterocycles. The van der Waals surface area contributed by atoms with Crippen LogP contribution in [0.5, 0.6) is 0 Å². The molecule has 0 spiro atoms. The lowest BCUT2D eigenvalue weighted by molar-refractivity contribution is 0.0948. The second-order valence-corrected chi connectivity index (χ2v) is 4.64. The fourth-order valence-corrected chi connectivity index (χ4v) is 1.98. The zero-order valence-corrected chi connectivity index (χ0v) is 12.3. The fraction of sp³-hybridized carbons (Fsp3) is 0.600. The van der Waals surface area contributed by atoms with E-state index in [0.29, 0.717) is 12.2 Å².